The van der Waals surface area contributed by atoms with E-state index in [2.05, 4.69) is 0 Å². The van der Waals surface area contributed by atoms with E-state index < -0.39 is 5.38 Å². The van der Waals surface area contributed by atoms with Gasteiger partial charge in [0.05, 0.1) is 0 Å². The molecule has 2 rings (SSSR count). The van der Waals surface area contributed by atoms with Crippen LogP contribution in [0.15, 0.2) is 48.5 Å². The Hall–Kier alpha value is -1.60. The summed E-state index contributed by atoms with van der Waals surface area (Å²) in [5.74, 6) is -0.0466. The molecule has 2 heteroatoms. The van der Waals surface area contributed by atoms with Crippen molar-refractivity contribution < 1.29 is 4.79 Å². The predicted octanol–water partition coefficient (Wildman–Crippen LogP) is 4.47. The van der Waals surface area contributed by atoms with Crippen molar-refractivity contribution in [3.63, 3.8) is 0 Å². The van der Waals surface area contributed by atoms with Crippen molar-refractivity contribution in [2.45, 2.75) is 19.2 Å². The molecule has 0 N–H and O–H groups in total. The van der Waals surface area contributed by atoms with Crippen LogP contribution in [-0.2, 0) is 0 Å². The van der Waals surface area contributed by atoms with Gasteiger partial charge >= 0.3 is 0 Å². The summed E-state index contributed by atoms with van der Waals surface area (Å²) in [5.41, 5.74) is 3.67. The smallest absolute Gasteiger partial charge is 0.185 e. The molecule has 0 aromatic heterocycles. The number of benzene rings is 2. The van der Waals surface area contributed by atoms with E-state index >= 15 is 0 Å². The van der Waals surface area contributed by atoms with Gasteiger partial charge in [-0.05, 0) is 31.5 Å². The number of carbonyl (C=O) groups excluding carboxylic acids is 1. The zero-order chi connectivity index (χ0) is 13.1. The Balaban J connectivity index is 2.31. The number of ketones is 1. The van der Waals surface area contributed by atoms with Gasteiger partial charge in [-0.3, -0.25) is 4.79 Å². The minimum Gasteiger partial charge on any atom is -0.292 e. The molecule has 0 aliphatic carbocycles. The van der Waals surface area contributed by atoms with E-state index in [0.29, 0.717) is 5.56 Å². The average Bonchev–Trinajstić information content (AvgIpc) is 2.37. The number of Topliss-reactive ketones (excluding diaryl/α,β-unsaturated/α-hetero) is 1. The lowest BCUT2D eigenvalue weighted by Gasteiger charge is -2.10. The third-order valence-electron chi connectivity index (χ3n) is 2.83. The zero-order valence-electron chi connectivity index (χ0n) is 10.5. The second kappa shape index (κ2) is 5.36. The lowest BCUT2D eigenvalue weighted by molar-refractivity contribution is 0.0987. The summed E-state index contributed by atoms with van der Waals surface area (Å²) in [7, 11) is 0. The molecule has 0 fully saturated rings. The Morgan fingerprint density at radius 2 is 1.56 bits per heavy atom. The number of rotatable bonds is 3. The lowest BCUT2D eigenvalue weighted by atomic mass is 9.99. The second-order valence-electron chi connectivity index (χ2n) is 4.51. The first-order valence-corrected chi connectivity index (χ1v) is 6.33. The maximum absolute atomic E-state index is 12.3. The first-order chi connectivity index (χ1) is 8.58. The largest absolute Gasteiger partial charge is 0.292 e. The summed E-state index contributed by atoms with van der Waals surface area (Å²) >= 11 is 6.25. The summed E-state index contributed by atoms with van der Waals surface area (Å²) in [5, 5.41) is -0.618. The normalized spacial score (nSPS) is 12.2. The minimum absolute atomic E-state index is 0.0466. The van der Waals surface area contributed by atoms with Crippen molar-refractivity contribution in [2.75, 3.05) is 0 Å². The highest BCUT2D eigenvalue weighted by Gasteiger charge is 2.19. The van der Waals surface area contributed by atoms with Gasteiger partial charge in [-0.15, -0.1) is 11.6 Å². The molecule has 1 unspecified atom stereocenters. The fraction of sp³-hybridized carbons (Fsp3) is 0.188. The number of alkyl halides is 1. The van der Waals surface area contributed by atoms with E-state index in [-0.39, 0.29) is 5.78 Å². The Kier molecular flexibility index (Phi) is 3.83. The van der Waals surface area contributed by atoms with Crippen LogP contribution in [0.25, 0.3) is 0 Å². The molecule has 2 aromatic carbocycles. The summed E-state index contributed by atoms with van der Waals surface area (Å²) in [6.45, 7) is 3.96. The van der Waals surface area contributed by atoms with Crippen LogP contribution < -0.4 is 0 Å². The molecular formula is C16H15ClO. The molecule has 1 atom stereocenters. The molecule has 1 nitrogen and oxygen atoms in total. The molecule has 0 heterocycles. The van der Waals surface area contributed by atoms with E-state index in [1.165, 1.54) is 0 Å². The monoisotopic (exact) mass is 258 g/mol. The average molecular weight is 259 g/mol. The van der Waals surface area contributed by atoms with Gasteiger partial charge in [-0.25, -0.2) is 0 Å². The third kappa shape index (κ3) is 2.80. The number of aryl methyl sites for hydroxylation is 2. The Bertz CT molecular complexity index is 540. The summed E-state index contributed by atoms with van der Waals surface area (Å²) in [6, 6.07) is 15.2. The standard InChI is InChI=1S/C16H15ClO/c1-11-8-12(2)10-14(9-11)16(18)15(17)13-6-4-3-5-7-13/h3-10,15H,1-2H3. The Morgan fingerprint density at radius 1 is 1.00 bits per heavy atom. The topological polar surface area (TPSA) is 17.1 Å². The van der Waals surface area contributed by atoms with Crippen LogP contribution in [0, 0.1) is 13.8 Å². The molecule has 0 bridgehead atoms. The SMILES string of the molecule is Cc1cc(C)cc(C(=O)C(Cl)c2ccccc2)c1. The summed E-state index contributed by atoms with van der Waals surface area (Å²) < 4.78 is 0. The van der Waals surface area contributed by atoms with Crippen LogP contribution in [0.3, 0.4) is 0 Å². The van der Waals surface area contributed by atoms with Crippen molar-refractivity contribution in [3.05, 3.63) is 70.8 Å². The van der Waals surface area contributed by atoms with E-state index in [1.54, 1.807) is 0 Å². The van der Waals surface area contributed by atoms with Crippen LogP contribution in [-0.4, -0.2) is 5.78 Å². The fourth-order valence-corrected chi connectivity index (χ4v) is 2.31. The molecule has 0 amide bonds. The van der Waals surface area contributed by atoms with Crippen molar-refractivity contribution in [2.24, 2.45) is 0 Å². The number of carbonyl (C=O) groups is 1. The second-order valence-corrected chi connectivity index (χ2v) is 4.95. The van der Waals surface area contributed by atoms with Gasteiger partial charge < -0.3 is 0 Å². The van der Waals surface area contributed by atoms with Crippen molar-refractivity contribution in [3.8, 4) is 0 Å². The van der Waals surface area contributed by atoms with Crippen molar-refractivity contribution in [1.82, 2.24) is 0 Å². The van der Waals surface area contributed by atoms with Gasteiger partial charge in [0.2, 0.25) is 0 Å². The van der Waals surface area contributed by atoms with Crippen LogP contribution in [0.1, 0.15) is 32.4 Å². The first-order valence-electron chi connectivity index (χ1n) is 5.89. The van der Waals surface area contributed by atoms with Crippen LogP contribution >= 0.6 is 11.6 Å². The van der Waals surface area contributed by atoms with Crippen molar-refractivity contribution in [1.29, 1.82) is 0 Å². The highest BCUT2D eigenvalue weighted by atomic mass is 35.5. The van der Waals surface area contributed by atoms with Crippen LogP contribution in [0.2, 0.25) is 0 Å². The molecule has 0 spiro atoms. The molecular weight excluding hydrogens is 244 g/mol. The van der Waals surface area contributed by atoms with Crippen LogP contribution in [0.5, 0.6) is 0 Å². The van der Waals surface area contributed by atoms with Gasteiger partial charge in [0.25, 0.3) is 0 Å². The quantitative estimate of drug-likeness (QED) is 0.587. The van der Waals surface area contributed by atoms with Gasteiger partial charge in [0.1, 0.15) is 5.38 Å². The summed E-state index contributed by atoms with van der Waals surface area (Å²) in [4.78, 5) is 12.3. The molecule has 2 aromatic rings. The zero-order valence-corrected chi connectivity index (χ0v) is 11.2. The maximum Gasteiger partial charge on any atom is 0.185 e. The lowest BCUT2D eigenvalue weighted by Crippen LogP contribution is -2.08. The molecule has 92 valence electrons. The molecule has 0 aliphatic rings. The number of halogens is 1. The Morgan fingerprint density at radius 3 is 2.11 bits per heavy atom. The van der Waals surface area contributed by atoms with E-state index in [0.717, 1.165) is 16.7 Å². The van der Waals surface area contributed by atoms with Crippen molar-refractivity contribution >= 4 is 17.4 Å². The van der Waals surface area contributed by atoms with Gasteiger partial charge in [0.15, 0.2) is 5.78 Å². The molecule has 0 saturated heterocycles. The number of hydrogen-bond donors (Lipinski definition) is 0. The highest BCUT2D eigenvalue weighted by molar-refractivity contribution is 6.33. The highest BCUT2D eigenvalue weighted by Crippen LogP contribution is 2.25. The predicted molar refractivity (Wildman–Crippen MR) is 75.3 cm³/mol. The Labute approximate surface area is 112 Å². The van der Waals surface area contributed by atoms with E-state index in [1.807, 2.05) is 62.4 Å². The van der Waals surface area contributed by atoms with Gasteiger partial charge in [0, 0.05) is 5.56 Å². The van der Waals surface area contributed by atoms with Gasteiger partial charge in [-0.1, -0.05) is 47.5 Å². The maximum atomic E-state index is 12.3. The van der Waals surface area contributed by atoms with E-state index in [4.69, 9.17) is 11.6 Å². The third-order valence-corrected chi connectivity index (χ3v) is 3.28. The van der Waals surface area contributed by atoms with E-state index in [9.17, 15) is 4.79 Å². The molecule has 0 radical (unpaired) electrons. The molecule has 0 saturated carbocycles. The molecule has 18 heavy (non-hydrogen) atoms. The number of hydrogen-bond acceptors (Lipinski definition) is 1. The summed E-state index contributed by atoms with van der Waals surface area (Å²) in [6.07, 6.45) is 0. The minimum atomic E-state index is -0.618. The molecule has 0 aliphatic heterocycles. The van der Waals surface area contributed by atoms with Gasteiger partial charge in [-0.2, -0.15) is 0 Å². The fourth-order valence-electron chi connectivity index (χ4n) is 2.04. The first kappa shape index (κ1) is 12.8. The van der Waals surface area contributed by atoms with Crippen LogP contribution in [0.4, 0.5) is 0 Å².